The summed E-state index contributed by atoms with van der Waals surface area (Å²) in [4.78, 5) is 11.9. The number of rotatable bonds is 5. The van der Waals surface area contributed by atoms with Gasteiger partial charge in [-0.1, -0.05) is 18.5 Å². The van der Waals surface area contributed by atoms with Crippen LogP contribution in [-0.4, -0.2) is 11.9 Å². The van der Waals surface area contributed by atoms with Crippen molar-refractivity contribution in [2.75, 3.05) is 5.32 Å². The number of anilines is 1. The number of carbonyl (C=O) groups excluding carboxylic acids is 1. The van der Waals surface area contributed by atoms with Gasteiger partial charge in [-0.25, -0.2) is 0 Å². The summed E-state index contributed by atoms with van der Waals surface area (Å²) in [6.45, 7) is 3.78. The summed E-state index contributed by atoms with van der Waals surface area (Å²) in [6.07, 6.45) is -2.61. The normalized spacial score (nSPS) is 13.2. The zero-order valence-electron chi connectivity index (χ0n) is 12.5. The van der Waals surface area contributed by atoms with Crippen LogP contribution in [0, 0.1) is 11.3 Å². The third kappa shape index (κ3) is 5.49. The van der Waals surface area contributed by atoms with Crippen LogP contribution >= 0.6 is 11.6 Å². The maximum absolute atomic E-state index is 12.8. The third-order valence-electron chi connectivity index (χ3n) is 3.02. The minimum atomic E-state index is -4.64. The highest BCUT2D eigenvalue weighted by Gasteiger charge is 2.33. The summed E-state index contributed by atoms with van der Waals surface area (Å²) >= 11 is 5.50. The van der Waals surface area contributed by atoms with Crippen LogP contribution in [0.15, 0.2) is 30.0 Å². The van der Waals surface area contributed by atoms with Crippen LogP contribution in [0.1, 0.15) is 25.8 Å². The SMILES string of the molecule is CCC(C)N/C=C(/C#N)C(=O)Nc1ccc(Cl)c(C(F)(F)F)c1. The van der Waals surface area contributed by atoms with Crippen molar-refractivity contribution in [3.05, 3.63) is 40.6 Å². The Morgan fingerprint density at radius 3 is 2.65 bits per heavy atom. The zero-order chi connectivity index (χ0) is 17.6. The molecule has 8 heteroatoms. The Morgan fingerprint density at radius 2 is 2.13 bits per heavy atom. The molecule has 0 aromatic heterocycles. The number of carbonyl (C=O) groups is 1. The molecule has 0 bridgehead atoms. The van der Waals surface area contributed by atoms with Gasteiger partial charge in [-0.05, 0) is 31.5 Å². The lowest BCUT2D eigenvalue weighted by Crippen LogP contribution is -2.22. The average Bonchev–Trinajstić information content (AvgIpc) is 2.48. The van der Waals surface area contributed by atoms with Gasteiger partial charge in [0.2, 0.25) is 0 Å². The lowest BCUT2D eigenvalue weighted by molar-refractivity contribution is -0.137. The molecule has 0 aliphatic carbocycles. The van der Waals surface area contributed by atoms with E-state index in [4.69, 9.17) is 16.9 Å². The third-order valence-corrected chi connectivity index (χ3v) is 3.35. The number of alkyl halides is 3. The Balaban J connectivity index is 2.95. The summed E-state index contributed by atoms with van der Waals surface area (Å²) in [5.41, 5.74) is -1.40. The highest BCUT2D eigenvalue weighted by atomic mass is 35.5. The average molecular weight is 346 g/mol. The zero-order valence-corrected chi connectivity index (χ0v) is 13.2. The van der Waals surface area contributed by atoms with Crippen LogP contribution in [0.5, 0.6) is 0 Å². The Morgan fingerprint density at radius 1 is 1.48 bits per heavy atom. The Kier molecular flexibility index (Phi) is 6.46. The van der Waals surface area contributed by atoms with Crippen molar-refractivity contribution in [2.24, 2.45) is 0 Å². The standard InChI is InChI=1S/C15H15ClF3N3O/c1-3-9(2)21-8-10(7-20)14(23)22-11-4-5-13(16)12(6-11)15(17,18)19/h4-6,8-9,21H,3H2,1-2H3,(H,22,23)/b10-8-. The van der Waals surface area contributed by atoms with Gasteiger partial charge in [0.15, 0.2) is 0 Å². The number of halogens is 4. The first kappa shape index (κ1) is 18.8. The molecule has 0 radical (unpaired) electrons. The van der Waals surface area contributed by atoms with Crippen molar-refractivity contribution < 1.29 is 18.0 Å². The summed E-state index contributed by atoms with van der Waals surface area (Å²) < 4.78 is 38.3. The molecule has 0 spiro atoms. The summed E-state index contributed by atoms with van der Waals surface area (Å²) in [6, 6.07) is 4.73. The predicted molar refractivity (Wildman–Crippen MR) is 81.7 cm³/mol. The second-order valence-corrected chi connectivity index (χ2v) is 5.20. The quantitative estimate of drug-likeness (QED) is 0.624. The van der Waals surface area contributed by atoms with E-state index in [-0.39, 0.29) is 17.3 Å². The smallest absolute Gasteiger partial charge is 0.387 e. The van der Waals surface area contributed by atoms with Crippen LogP contribution in [0.3, 0.4) is 0 Å². The lowest BCUT2D eigenvalue weighted by Gasteiger charge is -2.12. The maximum atomic E-state index is 12.8. The lowest BCUT2D eigenvalue weighted by atomic mass is 10.2. The molecule has 1 amide bonds. The van der Waals surface area contributed by atoms with Gasteiger partial charge in [0.25, 0.3) is 5.91 Å². The van der Waals surface area contributed by atoms with Crippen LogP contribution in [0.25, 0.3) is 0 Å². The largest absolute Gasteiger partial charge is 0.417 e. The van der Waals surface area contributed by atoms with E-state index in [1.807, 2.05) is 13.8 Å². The molecule has 1 aromatic rings. The van der Waals surface area contributed by atoms with Crippen molar-refractivity contribution in [1.29, 1.82) is 5.26 Å². The van der Waals surface area contributed by atoms with E-state index in [0.29, 0.717) is 0 Å². The Hall–Kier alpha value is -2.20. The number of nitriles is 1. The molecular weight excluding hydrogens is 331 g/mol. The molecule has 1 rings (SSSR count). The van der Waals surface area contributed by atoms with Gasteiger partial charge in [-0.2, -0.15) is 18.4 Å². The predicted octanol–water partition coefficient (Wildman–Crippen LogP) is 4.09. The van der Waals surface area contributed by atoms with Crippen molar-refractivity contribution in [3.63, 3.8) is 0 Å². The molecule has 4 nitrogen and oxygen atoms in total. The molecule has 0 heterocycles. The molecular formula is C15H15ClF3N3O. The van der Waals surface area contributed by atoms with Gasteiger partial charge in [-0.15, -0.1) is 0 Å². The van der Waals surface area contributed by atoms with E-state index in [1.165, 1.54) is 12.3 Å². The fraction of sp³-hybridized carbons (Fsp3) is 0.333. The molecule has 0 saturated heterocycles. The van der Waals surface area contributed by atoms with Crippen molar-refractivity contribution in [2.45, 2.75) is 32.5 Å². The minimum Gasteiger partial charge on any atom is -0.387 e. The number of benzene rings is 1. The maximum Gasteiger partial charge on any atom is 0.417 e. The van der Waals surface area contributed by atoms with Crippen molar-refractivity contribution in [3.8, 4) is 6.07 Å². The highest BCUT2D eigenvalue weighted by molar-refractivity contribution is 6.31. The van der Waals surface area contributed by atoms with Gasteiger partial charge in [0, 0.05) is 17.9 Å². The first-order chi connectivity index (χ1) is 10.7. The van der Waals surface area contributed by atoms with E-state index < -0.39 is 22.7 Å². The summed E-state index contributed by atoms with van der Waals surface area (Å²) in [7, 11) is 0. The van der Waals surface area contributed by atoms with Crippen LogP contribution in [-0.2, 0) is 11.0 Å². The number of hydrogen-bond acceptors (Lipinski definition) is 3. The van der Waals surface area contributed by atoms with E-state index >= 15 is 0 Å². The second-order valence-electron chi connectivity index (χ2n) is 4.79. The van der Waals surface area contributed by atoms with Gasteiger partial charge < -0.3 is 10.6 Å². The number of hydrogen-bond donors (Lipinski definition) is 2. The molecule has 1 unspecified atom stereocenters. The molecule has 23 heavy (non-hydrogen) atoms. The monoisotopic (exact) mass is 345 g/mol. The minimum absolute atomic E-state index is 0.0542. The fourth-order valence-corrected chi connectivity index (χ4v) is 1.74. The highest BCUT2D eigenvalue weighted by Crippen LogP contribution is 2.36. The summed E-state index contributed by atoms with van der Waals surface area (Å²) in [5, 5.41) is 13.6. The Labute approximate surface area is 136 Å². The second kappa shape index (κ2) is 7.88. The molecule has 1 aromatic carbocycles. The first-order valence-electron chi connectivity index (χ1n) is 6.73. The number of amides is 1. The van der Waals surface area contributed by atoms with E-state index in [1.54, 1.807) is 6.07 Å². The summed E-state index contributed by atoms with van der Waals surface area (Å²) in [5.74, 6) is -0.807. The Bertz CT molecular complexity index is 650. The van der Waals surface area contributed by atoms with Gasteiger partial charge in [0.1, 0.15) is 11.6 Å². The van der Waals surface area contributed by atoms with E-state index in [2.05, 4.69) is 10.6 Å². The molecule has 124 valence electrons. The number of nitrogens with one attached hydrogen (secondary N) is 2. The van der Waals surface area contributed by atoms with Crippen LogP contribution < -0.4 is 10.6 Å². The van der Waals surface area contributed by atoms with E-state index in [0.717, 1.165) is 18.6 Å². The molecule has 0 saturated carbocycles. The molecule has 2 N–H and O–H groups in total. The van der Waals surface area contributed by atoms with Crippen molar-refractivity contribution >= 4 is 23.2 Å². The molecule has 0 fully saturated rings. The van der Waals surface area contributed by atoms with Crippen LogP contribution in [0.4, 0.5) is 18.9 Å². The van der Waals surface area contributed by atoms with Crippen LogP contribution in [0.2, 0.25) is 5.02 Å². The van der Waals surface area contributed by atoms with Gasteiger partial charge in [-0.3, -0.25) is 4.79 Å². The molecule has 0 aliphatic heterocycles. The van der Waals surface area contributed by atoms with Gasteiger partial charge in [0.05, 0.1) is 10.6 Å². The topological polar surface area (TPSA) is 64.9 Å². The molecule has 0 aliphatic rings. The first-order valence-corrected chi connectivity index (χ1v) is 7.11. The number of nitrogens with zero attached hydrogens (tertiary/aromatic N) is 1. The van der Waals surface area contributed by atoms with Gasteiger partial charge >= 0.3 is 6.18 Å². The van der Waals surface area contributed by atoms with Crippen molar-refractivity contribution in [1.82, 2.24) is 5.32 Å². The molecule has 1 atom stereocenters. The fourth-order valence-electron chi connectivity index (χ4n) is 1.51. The van der Waals surface area contributed by atoms with E-state index in [9.17, 15) is 18.0 Å².